The molecule has 0 fully saturated rings. The molecule has 2 rings (SSSR count). The van der Waals surface area contributed by atoms with Crippen molar-refractivity contribution in [2.75, 3.05) is 13.0 Å². The van der Waals surface area contributed by atoms with Gasteiger partial charge in [-0.2, -0.15) is 0 Å². The predicted octanol–water partition coefficient (Wildman–Crippen LogP) is 3.29. The van der Waals surface area contributed by atoms with E-state index in [9.17, 15) is 0 Å². The lowest BCUT2D eigenvalue weighted by atomic mass is 10.2. The van der Waals surface area contributed by atoms with Crippen LogP contribution in [-0.2, 0) is 6.42 Å². The Morgan fingerprint density at radius 2 is 2.24 bits per heavy atom. The van der Waals surface area contributed by atoms with Crippen LogP contribution in [0.1, 0.15) is 5.89 Å². The summed E-state index contributed by atoms with van der Waals surface area (Å²) in [5, 5.41) is 7.87. The number of rotatable bonds is 4. The molecule has 0 amide bonds. The van der Waals surface area contributed by atoms with Crippen LogP contribution in [0, 0.1) is 0 Å². The Balaban J connectivity index is 2.29. The number of hydrogen-bond donors (Lipinski definition) is 0. The van der Waals surface area contributed by atoms with Crippen LogP contribution in [-0.4, -0.2) is 23.2 Å². The lowest BCUT2D eigenvalue weighted by molar-refractivity contribution is 0.412. The lowest BCUT2D eigenvalue weighted by Crippen LogP contribution is -1.85. The van der Waals surface area contributed by atoms with Crippen LogP contribution >= 0.6 is 27.5 Å². The van der Waals surface area contributed by atoms with Gasteiger partial charge in [0.05, 0.1) is 11.6 Å². The number of methoxy groups -OCH3 is 1. The van der Waals surface area contributed by atoms with E-state index in [4.69, 9.17) is 20.8 Å². The monoisotopic (exact) mass is 316 g/mol. The molecule has 0 spiro atoms. The van der Waals surface area contributed by atoms with Gasteiger partial charge < -0.3 is 9.15 Å². The van der Waals surface area contributed by atoms with E-state index in [-0.39, 0.29) is 0 Å². The third-order valence-corrected chi connectivity index (χ3v) is 2.98. The Morgan fingerprint density at radius 1 is 1.41 bits per heavy atom. The minimum Gasteiger partial charge on any atom is -0.496 e. The van der Waals surface area contributed by atoms with Crippen LogP contribution in [0.25, 0.3) is 11.5 Å². The highest BCUT2D eigenvalue weighted by Gasteiger charge is 2.10. The molecule has 0 aliphatic rings. The van der Waals surface area contributed by atoms with Gasteiger partial charge in [-0.05, 0) is 34.1 Å². The van der Waals surface area contributed by atoms with Crippen molar-refractivity contribution in [2.24, 2.45) is 0 Å². The van der Waals surface area contributed by atoms with E-state index in [1.165, 1.54) is 0 Å². The van der Waals surface area contributed by atoms with Crippen LogP contribution in [0.4, 0.5) is 0 Å². The van der Waals surface area contributed by atoms with E-state index in [2.05, 4.69) is 26.1 Å². The molecular weight excluding hydrogens is 307 g/mol. The summed E-state index contributed by atoms with van der Waals surface area (Å²) in [4.78, 5) is 0. The number of benzene rings is 1. The van der Waals surface area contributed by atoms with Gasteiger partial charge in [-0.15, -0.1) is 21.8 Å². The molecule has 90 valence electrons. The van der Waals surface area contributed by atoms with Crippen molar-refractivity contribution in [1.82, 2.24) is 10.2 Å². The third kappa shape index (κ3) is 2.79. The van der Waals surface area contributed by atoms with Gasteiger partial charge in [-0.25, -0.2) is 0 Å². The molecule has 0 aliphatic heterocycles. The van der Waals surface area contributed by atoms with Gasteiger partial charge in [-0.1, -0.05) is 0 Å². The molecule has 2 aromatic rings. The van der Waals surface area contributed by atoms with Crippen molar-refractivity contribution in [3.8, 4) is 17.2 Å². The average molecular weight is 318 g/mol. The molecule has 17 heavy (non-hydrogen) atoms. The normalized spacial score (nSPS) is 10.5. The van der Waals surface area contributed by atoms with Gasteiger partial charge >= 0.3 is 0 Å². The zero-order valence-electron chi connectivity index (χ0n) is 9.11. The molecule has 1 aromatic carbocycles. The molecule has 4 nitrogen and oxygen atoms in total. The minimum atomic E-state index is 0.466. The van der Waals surface area contributed by atoms with Gasteiger partial charge in [0.25, 0.3) is 0 Å². The maximum Gasteiger partial charge on any atom is 0.247 e. The fourth-order valence-electron chi connectivity index (χ4n) is 1.35. The zero-order chi connectivity index (χ0) is 12.3. The largest absolute Gasteiger partial charge is 0.496 e. The third-order valence-electron chi connectivity index (χ3n) is 2.17. The van der Waals surface area contributed by atoms with Crippen molar-refractivity contribution in [3.05, 3.63) is 28.6 Å². The molecule has 0 atom stereocenters. The summed E-state index contributed by atoms with van der Waals surface area (Å²) in [6, 6.07) is 5.57. The second-order valence-corrected chi connectivity index (χ2v) is 4.52. The van der Waals surface area contributed by atoms with E-state index in [1.807, 2.05) is 18.2 Å². The smallest absolute Gasteiger partial charge is 0.247 e. The number of nitrogens with zero attached hydrogens (tertiary/aromatic N) is 2. The molecule has 0 saturated carbocycles. The Hall–Kier alpha value is -1.07. The second kappa shape index (κ2) is 5.51. The maximum absolute atomic E-state index is 5.60. The number of hydrogen-bond acceptors (Lipinski definition) is 4. The summed E-state index contributed by atoms with van der Waals surface area (Å²) in [6.07, 6.45) is 0.575. The lowest BCUT2D eigenvalue weighted by Gasteiger charge is -2.03. The standard InChI is InChI=1S/C11H10BrClN2O2/c1-16-9-3-2-7(6-8(9)12)11-15-14-10(17-11)4-5-13/h2-3,6H,4-5H2,1H3. The van der Waals surface area contributed by atoms with E-state index in [0.717, 1.165) is 15.8 Å². The van der Waals surface area contributed by atoms with Crippen LogP contribution < -0.4 is 4.74 Å². The summed E-state index contributed by atoms with van der Waals surface area (Å²) in [7, 11) is 1.62. The van der Waals surface area contributed by atoms with Gasteiger partial charge in [0.15, 0.2) is 0 Å². The maximum atomic E-state index is 5.60. The molecule has 0 aliphatic carbocycles. The van der Waals surface area contributed by atoms with Crippen molar-refractivity contribution < 1.29 is 9.15 Å². The van der Waals surface area contributed by atoms with Crippen LogP contribution in [0.2, 0.25) is 0 Å². The Kier molecular flexibility index (Phi) is 4.02. The Bertz CT molecular complexity index is 516. The molecule has 1 aromatic heterocycles. The minimum absolute atomic E-state index is 0.466. The molecule has 0 N–H and O–H groups in total. The van der Waals surface area contributed by atoms with E-state index >= 15 is 0 Å². The summed E-state index contributed by atoms with van der Waals surface area (Å²) in [6.45, 7) is 0. The molecular formula is C11H10BrClN2O2. The first-order valence-corrected chi connectivity index (χ1v) is 6.29. The van der Waals surface area contributed by atoms with Gasteiger partial charge in [0, 0.05) is 17.9 Å². The first-order chi connectivity index (χ1) is 8.24. The quantitative estimate of drug-likeness (QED) is 0.812. The van der Waals surface area contributed by atoms with Gasteiger partial charge in [0.1, 0.15) is 5.75 Å². The fraction of sp³-hybridized carbons (Fsp3) is 0.273. The van der Waals surface area contributed by atoms with Gasteiger partial charge in [-0.3, -0.25) is 0 Å². The van der Waals surface area contributed by atoms with E-state index in [1.54, 1.807) is 7.11 Å². The predicted molar refractivity (Wildman–Crippen MR) is 68.4 cm³/mol. The average Bonchev–Trinajstić information content (AvgIpc) is 2.78. The summed E-state index contributed by atoms with van der Waals surface area (Å²) in [5.41, 5.74) is 0.839. The summed E-state index contributed by atoms with van der Waals surface area (Å²) in [5.74, 6) is 2.25. The van der Waals surface area contributed by atoms with E-state index in [0.29, 0.717) is 24.1 Å². The fourth-order valence-corrected chi connectivity index (χ4v) is 2.05. The number of aromatic nitrogens is 2. The first-order valence-electron chi connectivity index (χ1n) is 4.97. The zero-order valence-corrected chi connectivity index (χ0v) is 11.5. The second-order valence-electron chi connectivity index (χ2n) is 3.29. The molecule has 0 unspecified atom stereocenters. The number of halogens is 2. The summed E-state index contributed by atoms with van der Waals surface area (Å²) < 4.78 is 11.5. The Labute approximate surface area is 112 Å². The first kappa shape index (κ1) is 12.4. The van der Waals surface area contributed by atoms with Crippen molar-refractivity contribution >= 4 is 27.5 Å². The van der Waals surface area contributed by atoms with Gasteiger partial charge in [0.2, 0.25) is 11.8 Å². The van der Waals surface area contributed by atoms with E-state index < -0.39 is 0 Å². The van der Waals surface area contributed by atoms with Crippen molar-refractivity contribution in [1.29, 1.82) is 0 Å². The molecule has 0 radical (unpaired) electrons. The molecule has 6 heteroatoms. The van der Waals surface area contributed by atoms with Crippen molar-refractivity contribution in [2.45, 2.75) is 6.42 Å². The number of ether oxygens (including phenoxy) is 1. The van der Waals surface area contributed by atoms with Crippen LogP contribution in [0.3, 0.4) is 0 Å². The van der Waals surface area contributed by atoms with Crippen LogP contribution in [0.15, 0.2) is 27.1 Å². The molecule has 1 heterocycles. The molecule has 0 saturated heterocycles. The highest BCUT2D eigenvalue weighted by Crippen LogP contribution is 2.29. The highest BCUT2D eigenvalue weighted by atomic mass is 79.9. The van der Waals surface area contributed by atoms with Crippen molar-refractivity contribution in [3.63, 3.8) is 0 Å². The SMILES string of the molecule is COc1ccc(-c2nnc(CCCl)o2)cc1Br. The summed E-state index contributed by atoms with van der Waals surface area (Å²) >= 11 is 9.01. The highest BCUT2D eigenvalue weighted by molar-refractivity contribution is 9.10. The topological polar surface area (TPSA) is 48.2 Å². The number of alkyl halides is 1. The van der Waals surface area contributed by atoms with Crippen LogP contribution in [0.5, 0.6) is 5.75 Å². The molecule has 0 bridgehead atoms. The Morgan fingerprint density at radius 3 is 2.88 bits per heavy atom. The number of aryl methyl sites for hydroxylation is 1.